The third-order valence-corrected chi connectivity index (χ3v) is 2.82. The van der Waals surface area contributed by atoms with Crippen molar-refractivity contribution in [1.29, 1.82) is 0 Å². The third kappa shape index (κ3) is 2.10. The molecule has 0 aromatic carbocycles. The Labute approximate surface area is 82.0 Å². The van der Waals surface area contributed by atoms with E-state index in [4.69, 9.17) is 0 Å². The molecule has 0 spiro atoms. The van der Waals surface area contributed by atoms with E-state index < -0.39 is 0 Å². The van der Waals surface area contributed by atoms with Crippen LogP contribution >= 0.6 is 12.1 Å². The van der Waals surface area contributed by atoms with Crippen molar-refractivity contribution in [3.05, 3.63) is 18.2 Å². The van der Waals surface area contributed by atoms with Gasteiger partial charge in [0, 0.05) is 25.2 Å². The van der Waals surface area contributed by atoms with Crippen LogP contribution in [0.15, 0.2) is 12.4 Å². The standard InChI is InChI=1S/C8H12N4S/c1-7-9-5-8(6-10-7)12-4-2-3-11-13-12/h5-6,11H,2-4H2,1H3. The van der Waals surface area contributed by atoms with Crippen LogP contribution in [-0.4, -0.2) is 23.1 Å². The Balaban J connectivity index is 2.10. The Kier molecular flexibility index (Phi) is 2.65. The van der Waals surface area contributed by atoms with Crippen LogP contribution in [0.3, 0.4) is 0 Å². The van der Waals surface area contributed by atoms with Crippen LogP contribution in [0.2, 0.25) is 0 Å². The lowest BCUT2D eigenvalue weighted by Gasteiger charge is -2.26. The highest BCUT2D eigenvalue weighted by Crippen LogP contribution is 2.21. The second-order valence-electron chi connectivity index (χ2n) is 2.93. The van der Waals surface area contributed by atoms with Crippen LogP contribution in [0.1, 0.15) is 12.2 Å². The van der Waals surface area contributed by atoms with Gasteiger partial charge in [0.1, 0.15) is 5.82 Å². The third-order valence-electron chi connectivity index (χ3n) is 1.87. The van der Waals surface area contributed by atoms with Crippen LogP contribution in [0.4, 0.5) is 5.69 Å². The molecule has 0 saturated carbocycles. The van der Waals surface area contributed by atoms with Gasteiger partial charge in [-0.1, -0.05) is 0 Å². The molecule has 1 N–H and O–H groups in total. The largest absolute Gasteiger partial charge is 0.300 e. The molecular weight excluding hydrogens is 184 g/mol. The lowest BCUT2D eigenvalue weighted by Crippen LogP contribution is -2.29. The molecule has 2 heterocycles. The predicted octanol–water partition coefficient (Wildman–Crippen LogP) is 1.15. The lowest BCUT2D eigenvalue weighted by atomic mass is 10.4. The maximum Gasteiger partial charge on any atom is 0.125 e. The second kappa shape index (κ2) is 3.93. The molecule has 13 heavy (non-hydrogen) atoms. The summed E-state index contributed by atoms with van der Waals surface area (Å²) in [7, 11) is 0. The first kappa shape index (κ1) is 8.77. The number of anilines is 1. The predicted molar refractivity (Wildman–Crippen MR) is 54.3 cm³/mol. The number of rotatable bonds is 1. The Morgan fingerprint density at radius 3 is 2.85 bits per heavy atom. The highest BCUT2D eigenvalue weighted by Gasteiger charge is 2.11. The molecule has 4 nitrogen and oxygen atoms in total. The van der Waals surface area contributed by atoms with Gasteiger partial charge in [-0.2, -0.15) is 0 Å². The molecule has 0 aliphatic carbocycles. The molecule has 2 rings (SSSR count). The SMILES string of the molecule is Cc1ncc(N2CCCNS2)cn1. The molecule has 0 bridgehead atoms. The van der Waals surface area contributed by atoms with Gasteiger partial charge in [0.25, 0.3) is 0 Å². The first-order valence-corrected chi connectivity index (χ1v) is 5.09. The molecule has 0 atom stereocenters. The first-order valence-electron chi connectivity index (χ1n) is 4.32. The van der Waals surface area contributed by atoms with Crippen molar-refractivity contribution in [3.63, 3.8) is 0 Å². The Hall–Kier alpha value is -0.810. The molecule has 1 aromatic heterocycles. The Bertz CT molecular complexity index is 268. The molecule has 1 aromatic rings. The average Bonchev–Trinajstić information content (AvgIpc) is 2.20. The Morgan fingerprint density at radius 1 is 1.46 bits per heavy atom. The van der Waals surface area contributed by atoms with Crippen molar-refractivity contribution in [2.75, 3.05) is 17.4 Å². The van der Waals surface area contributed by atoms with E-state index in [0.717, 1.165) is 24.6 Å². The van der Waals surface area contributed by atoms with E-state index in [1.165, 1.54) is 6.42 Å². The first-order chi connectivity index (χ1) is 6.36. The topological polar surface area (TPSA) is 41.1 Å². The van der Waals surface area contributed by atoms with Crippen molar-refractivity contribution in [2.45, 2.75) is 13.3 Å². The number of hydrogen-bond donors (Lipinski definition) is 1. The summed E-state index contributed by atoms with van der Waals surface area (Å²) in [5, 5.41) is 0. The fraction of sp³-hybridized carbons (Fsp3) is 0.500. The van der Waals surface area contributed by atoms with E-state index in [1.807, 2.05) is 19.3 Å². The molecule has 0 radical (unpaired) electrons. The highest BCUT2D eigenvalue weighted by atomic mass is 32.2. The van der Waals surface area contributed by atoms with Gasteiger partial charge in [-0.15, -0.1) is 0 Å². The summed E-state index contributed by atoms with van der Waals surface area (Å²) < 4.78 is 5.40. The van der Waals surface area contributed by atoms with Gasteiger partial charge in [0.15, 0.2) is 0 Å². The van der Waals surface area contributed by atoms with Gasteiger partial charge >= 0.3 is 0 Å². The number of aryl methyl sites for hydroxylation is 1. The molecule has 1 aliphatic rings. The molecule has 1 saturated heterocycles. The minimum atomic E-state index is 0.818. The molecule has 70 valence electrons. The molecule has 0 unspecified atom stereocenters. The summed E-state index contributed by atoms with van der Waals surface area (Å²) in [6.07, 6.45) is 4.89. The zero-order chi connectivity index (χ0) is 9.10. The smallest absolute Gasteiger partial charge is 0.125 e. The molecule has 0 amide bonds. The second-order valence-corrected chi connectivity index (χ2v) is 3.84. The molecule has 1 fully saturated rings. The average molecular weight is 196 g/mol. The van der Waals surface area contributed by atoms with Crippen LogP contribution in [-0.2, 0) is 0 Å². The maximum atomic E-state index is 4.16. The summed E-state index contributed by atoms with van der Waals surface area (Å²) in [5.41, 5.74) is 1.07. The van der Waals surface area contributed by atoms with Crippen LogP contribution < -0.4 is 9.03 Å². The summed E-state index contributed by atoms with van der Waals surface area (Å²) in [6.45, 7) is 4.03. The monoisotopic (exact) mass is 196 g/mol. The number of nitrogens with zero attached hydrogens (tertiary/aromatic N) is 3. The fourth-order valence-electron chi connectivity index (χ4n) is 1.16. The zero-order valence-corrected chi connectivity index (χ0v) is 8.34. The van der Waals surface area contributed by atoms with Crippen molar-refractivity contribution in [1.82, 2.24) is 14.7 Å². The minimum Gasteiger partial charge on any atom is -0.300 e. The van der Waals surface area contributed by atoms with Crippen LogP contribution in [0.5, 0.6) is 0 Å². The van der Waals surface area contributed by atoms with Crippen molar-refractivity contribution >= 4 is 17.8 Å². The summed E-state index contributed by atoms with van der Waals surface area (Å²) >= 11 is 1.63. The van der Waals surface area contributed by atoms with E-state index in [0.29, 0.717) is 0 Å². The number of hydrogen-bond acceptors (Lipinski definition) is 5. The van der Waals surface area contributed by atoms with E-state index in [-0.39, 0.29) is 0 Å². The number of aromatic nitrogens is 2. The number of nitrogens with one attached hydrogen (secondary N) is 1. The van der Waals surface area contributed by atoms with E-state index in [2.05, 4.69) is 19.0 Å². The fourth-order valence-corrected chi connectivity index (χ4v) is 1.97. The van der Waals surface area contributed by atoms with Gasteiger partial charge in [0.05, 0.1) is 18.1 Å². The maximum absolute atomic E-state index is 4.16. The summed E-state index contributed by atoms with van der Waals surface area (Å²) in [6, 6.07) is 0. The van der Waals surface area contributed by atoms with Crippen LogP contribution in [0, 0.1) is 6.92 Å². The molecule has 5 heteroatoms. The Morgan fingerprint density at radius 2 is 2.23 bits per heavy atom. The van der Waals surface area contributed by atoms with Crippen molar-refractivity contribution in [3.8, 4) is 0 Å². The van der Waals surface area contributed by atoms with E-state index in [1.54, 1.807) is 12.1 Å². The summed E-state index contributed by atoms with van der Waals surface area (Å²) in [4.78, 5) is 8.32. The van der Waals surface area contributed by atoms with E-state index >= 15 is 0 Å². The van der Waals surface area contributed by atoms with Gasteiger partial charge in [-0.25, -0.2) is 14.7 Å². The summed E-state index contributed by atoms with van der Waals surface area (Å²) in [5.74, 6) is 0.818. The highest BCUT2D eigenvalue weighted by molar-refractivity contribution is 7.98. The van der Waals surface area contributed by atoms with Crippen molar-refractivity contribution < 1.29 is 0 Å². The zero-order valence-electron chi connectivity index (χ0n) is 7.53. The van der Waals surface area contributed by atoms with Crippen molar-refractivity contribution in [2.24, 2.45) is 0 Å². The van der Waals surface area contributed by atoms with Gasteiger partial charge < -0.3 is 4.31 Å². The lowest BCUT2D eigenvalue weighted by molar-refractivity contribution is 0.775. The minimum absolute atomic E-state index is 0.818. The van der Waals surface area contributed by atoms with Gasteiger partial charge in [-0.05, 0) is 13.3 Å². The molecule has 1 aliphatic heterocycles. The normalized spacial score (nSPS) is 17.5. The van der Waals surface area contributed by atoms with Gasteiger partial charge in [-0.3, -0.25) is 0 Å². The molecular formula is C8H12N4S. The van der Waals surface area contributed by atoms with Gasteiger partial charge in [0.2, 0.25) is 0 Å². The quantitative estimate of drug-likeness (QED) is 0.682. The van der Waals surface area contributed by atoms with E-state index in [9.17, 15) is 0 Å². The van der Waals surface area contributed by atoms with Crippen LogP contribution in [0.25, 0.3) is 0 Å².